The van der Waals surface area contributed by atoms with Gasteiger partial charge in [0.2, 0.25) is 0 Å². The number of rotatable bonds is 9. The molecule has 0 saturated heterocycles. The fraction of sp³-hybridized carbons (Fsp3) is 0.519. The van der Waals surface area contributed by atoms with Gasteiger partial charge in [0, 0.05) is 25.9 Å². The number of nitrogens with zero attached hydrogens (tertiary/aromatic N) is 1. The fourth-order valence-corrected chi connectivity index (χ4v) is 4.12. The average Bonchev–Trinajstić information content (AvgIpc) is 3.12. The second-order valence-electron chi connectivity index (χ2n) is 8.25. The highest BCUT2D eigenvalue weighted by molar-refractivity contribution is 5.85. The van der Waals surface area contributed by atoms with Crippen molar-refractivity contribution in [2.45, 2.75) is 70.8 Å². The topological polar surface area (TPSA) is 91.3 Å². The van der Waals surface area contributed by atoms with Crippen molar-refractivity contribution in [1.29, 1.82) is 5.41 Å². The number of amidine groups is 1. The first-order valence-electron chi connectivity index (χ1n) is 11.9. The van der Waals surface area contributed by atoms with Crippen LogP contribution >= 0.6 is 0 Å². The normalized spacial score (nSPS) is 14.5. The molecule has 176 valence electrons. The zero-order chi connectivity index (χ0) is 23.4. The highest BCUT2D eigenvalue weighted by Crippen LogP contribution is 2.26. The van der Waals surface area contributed by atoms with E-state index in [4.69, 9.17) is 11.1 Å². The van der Waals surface area contributed by atoms with Crippen LogP contribution in [0.25, 0.3) is 10.8 Å². The summed E-state index contributed by atoms with van der Waals surface area (Å²) >= 11 is 0. The zero-order valence-corrected chi connectivity index (χ0v) is 19.8. The van der Waals surface area contributed by atoms with Crippen LogP contribution in [0.5, 0.6) is 0 Å². The van der Waals surface area contributed by atoms with Crippen LogP contribution in [0.3, 0.4) is 0 Å². The molecule has 1 fully saturated rings. The molecule has 32 heavy (non-hydrogen) atoms. The average molecular weight is 439 g/mol. The van der Waals surface area contributed by atoms with E-state index in [1.165, 1.54) is 61.3 Å². The molecule has 4 N–H and O–H groups in total. The first-order chi connectivity index (χ1) is 15.7. The fourth-order valence-electron chi connectivity index (χ4n) is 4.12. The van der Waals surface area contributed by atoms with Gasteiger partial charge in [0.1, 0.15) is 6.29 Å². The van der Waals surface area contributed by atoms with E-state index in [2.05, 4.69) is 59.5 Å². The number of unbranched alkanes of at least 4 members (excludes halogenated alkanes) is 1. The van der Waals surface area contributed by atoms with E-state index in [0.29, 0.717) is 13.0 Å². The third kappa shape index (κ3) is 11.2. The molecule has 0 aromatic heterocycles. The van der Waals surface area contributed by atoms with Gasteiger partial charge in [-0.3, -0.25) is 4.99 Å². The van der Waals surface area contributed by atoms with E-state index in [1.807, 2.05) is 7.05 Å². The molecule has 3 rings (SSSR count). The lowest BCUT2D eigenvalue weighted by Crippen LogP contribution is -2.14. The van der Waals surface area contributed by atoms with Crippen molar-refractivity contribution in [1.82, 2.24) is 5.32 Å². The number of carbonyl (C=O) groups is 1. The monoisotopic (exact) mass is 438 g/mol. The van der Waals surface area contributed by atoms with Crippen molar-refractivity contribution in [2.75, 3.05) is 13.6 Å². The van der Waals surface area contributed by atoms with Crippen molar-refractivity contribution in [2.24, 2.45) is 16.6 Å². The molecule has 5 heteroatoms. The largest absolute Gasteiger partial charge is 0.387 e. The lowest BCUT2D eigenvalue weighted by atomic mass is 9.95. The Kier molecular flexibility index (Phi) is 15.5. The molecule has 0 heterocycles. The summed E-state index contributed by atoms with van der Waals surface area (Å²) in [6, 6.07) is 14.9. The number of carbonyl (C=O) groups excluding carboxylic acids is 1. The molecule has 1 aliphatic carbocycles. The van der Waals surface area contributed by atoms with Gasteiger partial charge in [-0.25, -0.2) is 0 Å². The van der Waals surface area contributed by atoms with Crippen molar-refractivity contribution in [3.63, 3.8) is 0 Å². The molecule has 1 saturated carbocycles. The van der Waals surface area contributed by atoms with Crippen molar-refractivity contribution in [3.8, 4) is 0 Å². The maximum Gasteiger partial charge on any atom is 0.120 e. The minimum atomic E-state index is 0.597. The number of aldehydes is 1. The Morgan fingerprint density at radius 2 is 1.81 bits per heavy atom. The van der Waals surface area contributed by atoms with E-state index in [9.17, 15) is 4.79 Å². The second-order valence-corrected chi connectivity index (χ2v) is 8.25. The molecule has 2 aromatic carbocycles. The van der Waals surface area contributed by atoms with Gasteiger partial charge >= 0.3 is 0 Å². The Morgan fingerprint density at radius 3 is 2.50 bits per heavy atom. The lowest BCUT2D eigenvalue weighted by Gasteiger charge is -2.13. The van der Waals surface area contributed by atoms with Gasteiger partial charge in [-0.05, 0) is 48.9 Å². The van der Waals surface area contributed by atoms with Gasteiger partial charge in [0.25, 0.3) is 0 Å². The van der Waals surface area contributed by atoms with Crippen LogP contribution in [0, 0.1) is 11.3 Å². The number of aliphatic imine (C=N–C) groups is 1. The Morgan fingerprint density at radius 1 is 1.12 bits per heavy atom. The minimum absolute atomic E-state index is 0.597. The van der Waals surface area contributed by atoms with Gasteiger partial charge in [-0.1, -0.05) is 81.0 Å². The number of hydrogen-bond acceptors (Lipinski definition) is 4. The summed E-state index contributed by atoms with van der Waals surface area (Å²) in [5.41, 5.74) is 7.24. The standard InChI is InChI=1S/C14H26N2O.C12H13N.CH3N/c15-14(16-11-5-6-12-17)10-9-13-7-3-1-2-4-8-13;1-13-9-11-7-4-6-10-5-2-3-8-12(10)11;1-2/h12-13H,1-11H2,(H2,15,16);2-8,13H,9H2,1H3;2H,1H2. The molecule has 0 bridgehead atoms. The molecule has 1 aliphatic rings. The minimum Gasteiger partial charge on any atom is -0.387 e. The SMILES string of the molecule is C=N.CNCc1cccc2ccccc12.NC(CCC1CCCCCC1)=NCCCC=O. The third-order valence-corrected chi connectivity index (χ3v) is 5.83. The molecular formula is C27H42N4O. The molecule has 0 radical (unpaired) electrons. The van der Waals surface area contributed by atoms with Gasteiger partial charge in [0.15, 0.2) is 0 Å². The van der Waals surface area contributed by atoms with Crippen molar-refractivity contribution < 1.29 is 4.79 Å². The van der Waals surface area contributed by atoms with Gasteiger partial charge in [-0.15, -0.1) is 0 Å². The van der Waals surface area contributed by atoms with E-state index in [-0.39, 0.29) is 0 Å². The first kappa shape index (κ1) is 27.5. The van der Waals surface area contributed by atoms with Crippen LogP contribution in [-0.4, -0.2) is 32.4 Å². The summed E-state index contributed by atoms with van der Waals surface area (Å²) in [6.07, 6.45) is 12.8. The predicted molar refractivity (Wildman–Crippen MR) is 139 cm³/mol. The lowest BCUT2D eigenvalue weighted by molar-refractivity contribution is -0.107. The number of nitrogens with two attached hydrogens (primary N) is 1. The van der Waals surface area contributed by atoms with E-state index in [0.717, 1.165) is 37.4 Å². The van der Waals surface area contributed by atoms with Crippen LogP contribution < -0.4 is 11.1 Å². The Bertz CT molecular complexity index is 777. The van der Waals surface area contributed by atoms with E-state index in [1.54, 1.807) is 0 Å². The predicted octanol–water partition coefficient (Wildman–Crippen LogP) is 5.90. The summed E-state index contributed by atoms with van der Waals surface area (Å²) in [7, 11) is 1.97. The highest BCUT2D eigenvalue weighted by Gasteiger charge is 2.12. The summed E-state index contributed by atoms with van der Waals surface area (Å²) in [4.78, 5) is 14.4. The maximum absolute atomic E-state index is 10.1. The van der Waals surface area contributed by atoms with Crippen LogP contribution in [-0.2, 0) is 11.3 Å². The van der Waals surface area contributed by atoms with Crippen LogP contribution in [0.4, 0.5) is 0 Å². The molecule has 2 aromatic rings. The molecule has 0 aliphatic heterocycles. The quantitative estimate of drug-likeness (QED) is 0.150. The number of nitrogens with one attached hydrogen (secondary N) is 2. The molecular weight excluding hydrogens is 396 g/mol. The number of benzene rings is 2. The van der Waals surface area contributed by atoms with Crippen molar-refractivity contribution in [3.05, 3.63) is 48.0 Å². The Labute approximate surface area is 194 Å². The molecule has 5 nitrogen and oxygen atoms in total. The van der Waals surface area contributed by atoms with Gasteiger partial charge in [-0.2, -0.15) is 0 Å². The van der Waals surface area contributed by atoms with Crippen LogP contribution in [0.2, 0.25) is 0 Å². The summed E-state index contributed by atoms with van der Waals surface area (Å²) < 4.78 is 0. The zero-order valence-electron chi connectivity index (χ0n) is 19.8. The number of hydrogen-bond donors (Lipinski definition) is 3. The van der Waals surface area contributed by atoms with E-state index >= 15 is 0 Å². The number of fused-ring (bicyclic) bond motifs is 1. The Hall–Kier alpha value is -2.53. The third-order valence-electron chi connectivity index (χ3n) is 5.83. The second kappa shape index (κ2) is 18.1. The molecule has 0 spiro atoms. The molecule has 0 unspecified atom stereocenters. The van der Waals surface area contributed by atoms with E-state index < -0.39 is 0 Å². The Balaban J connectivity index is 0.000000305. The molecule has 0 amide bonds. The van der Waals surface area contributed by atoms with Crippen LogP contribution in [0.1, 0.15) is 69.8 Å². The molecule has 0 atom stereocenters. The van der Waals surface area contributed by atoms with Gasteiger partial charge in [0.05, 0.1) is 5.84 Å². The summed E-state index contributed by atoms with van der Waals surface area (Å²) in [6.45, 7) is 4.14. The smallest absolute Gasteiger partial charge is 0.120 e. The summed E-state index contributed by atoms with van der Waals surface area (Å²) in [5.74, 6) is 1.64. The highest BCUT2D eigenvalue weighted by atomic mass is 16.1. The maximum atomic E-state index is 10.1. The van der Waals surface area contributed by atoms with Gasteiger partial charge < -0.3 is 21.3 Å². The summed E-state index contributed by atoms with van der Waals surface area (Å²) in [5, 5.41) is 11.3. The van der Waals surface area contributed by atoms with Crippen molar-refractivity contribution >= 4 is 29.6 Å². The first-order valence-corrected chi connectivity index (χ1v) is 11.9. The van der Waals surface area contributed by atoms with Crippen LogP contribution in [0.15, 0.2) is 47.5 Å².